The van der Waals surface area contributed by atoms with Crippen molar-refractivity contribution in [3.8, 4) is 0 Å². The molecular formula is C25H28F3N5O3. The summed E-state index contributed by atoms with van der Waals surface area (Å²) in [6.07, 6.45) is -1.76. The Bertz CT molecular complexity index is 1300. The molecule has 36 heavy (non-hydrogen) atoms. The van der Waals surface area contributed by atoms with E-state index in [9.17, 15) is 18.0 Å². The van der Waals surface area contributed by atoms with E-state index in [0.29, 0.717) is 56.3 Å². The van der Waals surface area contributed by atoms with Crippen LogP contribution in [0.3, 0.4) is 0 Å². The predicted molar refractivity (Wildman–Crippen MR) is 125 cm³/mol. The van der Waals surface area contributed by atoms with Crippen LogP contribution in [0.4, 0.5) is 19.0 Å². The summed E-state index contributed by atoms with van der Waals surface area (Å²) < 4.78 is 52.8. The van der Waals surface area contributed by atoms with Gasteiger partial charge in [-0.1, -0.05) is 12.1 Å². The zero-order chi connectivity index (χ0) is 25.7. The topological polar surface area (TPSA) is 81.0 Å². The molecule has 0 radical (unpaired) electrons. The average Bonchev–Trinajstić information content (AvgIpc) is 3.47. The standard InChI is InChI=1S/C25H28F3N5O3/c1-15-12-29-23-31-21(30-16(2)17-5-4-6-18(11-17)25(26,27)28)19-13-32(14-20(19)33(15)23)22(34)24(35-3)7-9-36-10-8-24/h4-6,11-12,16H,7-10,13-14H2,1-3H3,(H,29,30,31). The van der Waals surface area contributed by atoms with Crippen LogP contribution in [-0.2, 0) is 33.5 Å². The first kappa shape index (κ1) is 24.5. The van der Waals surface area contributed by atoms with E-state index in [0.717, 1.165) is 29.1 Å². The SMILES string of the molecule is COC1(C(=O)N2Cc3c(NC(C)c4cccc(C(F)(F)F)c4)nc4ncc(C)n4c3C2)CCOCC1. The maximum Gasteiger partial charge on any atom is 0.416 e. The van der Waals surface area contributed by atoms with Gasteiger partial charge in [-0.2, -0.15) is 18.2 Å². The molecule has 8 nitrogen and oxygen atoms in total. The smallest absolute Gasteiger partial charge is 0.381 e. The largest absolute Gasteiger partial charge is 0.416 e. The Kier molecular flexibility index (Phi) is 6.16. The average molecular weight is 504 g/mol. The Hall–Kier alpha value is -3.18. The lowest BCUT2D eigenvalue weighted by Crippen LogP contribution is -2.51. The minimum atomic E-state index is -4.43. The van der Waals surface area contributed by atoms with Crippen LogP contribution in [0.1, 0.15) is 53.9 Å². The fourth-order valence-corrected chi connectivity index (χ4v) is 5.07. The van der Waals surface area contributed by atoms with Crippen LogP contribution < -0.4 is 5.32 Å². The van der Waals surface area contributed by atoms with E-state index in [1.54, 1.807) is 31.2 Å². The van der Waals surface area contributed by atoms with Crippen LogP contribution in [0.25, 0.3) is 5.78 Å². The number of carbonyl (C=O) groups excluding carboxylic acids is 1. The number of halogens is 3. The van der Waals surface area contributed by atoms with Crippen molar-refractivity contribution in [2.24, 2.45) is 0 Å². The van der Waals surface area contributed by atoms with Crippen molar-refractivity contribution in [1.82, 2.24) is 19.3 Å². The second kappa shape index (κ2) is 9.04. The van der Waals surface area contributed by atoms with Gasteiger partial charge in [-0.3, -0.25) is 9.20 Å². The normalized spacial score (nSPS) is 18.3. The van der Waals surface area contributed by atoms with Crippen molar-refractivity contribution in [2.45, 2.75) is 57.6 Å². The van der Waals surface area contributed by atoms with Gasteiger partial charge >= 0.3 is 6.18 Å². The fourth-order valence-electron chi connectivity index (χ4n) is 5.07. The van der Waals surface area contributed by atoms with Crippen molar-refractivity contribution >= 4 is 17.5 Å². The molecule has 2 aliphatic heterocycles. The second-order valence-electron chi connectivity index (χ2n) is 9.38. The molecule has 0 aliphatic carbocycles. The molecule has 1 saturated heterocycles. The summed E-state index contributed by atoms with van der Waals surface area (Å²) in [5.74, 6) is 0.862. The molecule has 1 aromatic carbocycles. The zero-order valence-corrected chi connectivity index (χ0v) is 20.4. The van der Waals surface area contributed by atoms with Gasteiger partial charge in [-0.25, -0.2) is 4.98 Å². The Morgan fingerprint density at radius 1 is 1.25 bits per heavy atom. The Morgan fingerprint density at radius 2 is 2.00 bits per heavy atom. The predicted octanol–water partition coefficient (Wildman–Crippen LogP) is 4.27. The number of carbonyl (C=O) groups is 1. The molecule has 0 spiro atoms. The fraction of sp³-hybridized carbons (Fsp3) is 0.480. The van der Waals surface area contributed by atoms with Gasteiger partial charge in [0.25, 0.3) is 5.91 Å². The van der Waals surface area contributed by atoms with E-state index < -0.39 is 23.4 Å². The number of nitrogens with one attached hydrogen (secondary N) is 1. The molecule has 2 aliphatic rings. The third-order valence-corrected chi connectivity index (χ3v) is 7.16. The molecule has 1 N–H and O–H groups in total. The van der Waals surface area contributed by atoms with Crippen LogP contribution in [0.15, 0.2) is 30.5 Å². The van der Waals surface area contributed by atoms with E-state index >= 15 is 0 Å². The molecule has 2 aromatic heterocycles. The number of aromatic nitrogens is 3. The molecular weight excluding hydrogens is 475 g/mol. The maximum atomic E-state index is 13.6. The van der Waals surface area contributed by atoms with Gasteiger partial charge in [0.1, 0.15) is 5.82 Å². The molecule has 0 saturated carbocycles. The van der Waals surface area contributed by atoms with Gasteiger partial charge < -0.3 is 19.7 Å². The van der Waals surface area contributed by atoms with Crippen LogP contribution in [0, 0.1) is 6.92 Å². The van der Waals surface area contributed by atoms with Crippen LogP contribution in [0.5, 0.6) is 0 Å². The molecule has 1 atom stereocenters. The van der Waals surface area contributed by atoms with E-state index in [4.69, 9.17) is 9.47 Å². The summed E-state index contributed by atoms with van der Waals surface area (Å²) in [7, 11) is 1.55. The summed E-state index contributed by atoms with van der Waals surface area (Å²) in [5.41, 5.74) is 1.41. The Morgan fingerprint density at radius 3 is 2.69 bits per heavy atom. The molecule has 0 bridgehead atoms. The number of rotatable bonds is 5. The summed E-state index contributed by atoms with van der Waals surface area (Å²) >= 11 is 0. The van der Waals surface area contributed by atoms with Gasteiger partial charge in [0.05, 0.1) is 30.5 Å². The number of alkyl halides is 3. The van der Waals surface area contributed by atoms with Crippen LogP contribution in [0.2, 0.25) is 0 Å². The van der Waals surface area contributed by atoms with Crippen LogP contribution in [-0.4, -0.2) is 51.1 Å². The molecule has 5 rings (SSSR count). The highest BCUT2D eigenvalue weighted by Crippen LogP contribution is 2.36. The van der Waals surface area contributed by atoms with E-state index in [1.165, 1.54) is 6.07 Å². The summed E-state index contributed by atoms with van der Waals surface area (Å²) in [5, 5.41) is 3.28. The lowest BCUT2D eigenvalue weighted by atomic mass is 9.92. The Balaban J connectivity index is 1.48. The number of hydrogen-bond acceptors (Lipinski definition) is 6. The van der Waals surface area contributed by atoms with Crippen molar-refractivity contribution in [1.29, 1.82) is 0 Å². The van der Waals surface area contributed by atoms with E-state index in [-0.39, 0.29) is 5.91 Å². The first-order chi connectivity index (χ1) is 17.1. The molecule has 4 heterocycles. The minimum absolute atomic E-state index is 0.104. The highest BCUT2D eigenvalue weighted by molar-refractivity contribution is 5.86. The number of anilines is 1. The molecule has 192 valence electrons. The highest BCUT2D eigenvalue weighted by atomic mass is 19.4. The monoisotopic (exact) mass is 503 g/mol. The Labute approximate surface area is 206 Å². The van der Waals surface area contributed by atoms with E-state index in [1.807, 2.05) is 11.3 Å². The maximum absolute atomic E-state index is 13.6. The van der Waals surface area contributed by atoms with Gasteiger partial charge in [-0.15, -0.1) is 0 Å². The number of benzene rings is 1. The van der Waals surface area contributed by atoms with Crippen molar-refractivity contribution in [3.63, 3.8) is 0 Å². The number of ether oxygens (including phenoxy) is 2. The highest BCUT2D eigenvalue weighted by Gasteiger charge is 2.45. The van der Waals surface area contributed by atoms with Crippen molar-refractivity contribution in [3.05, 3.63) is 58.5 Å². The van der Waals surface area contributed by atoms with Gasteiger partial charge in [0.15, 0.2) is 5.60 Å². The van der Waals surface area contributed by atoms with Crippen molar-refractivity contribution in [2.75, 3.05) is 25.6 Å². The van der Waals surface area contributed by atoms with E-state index in [2.05, 4.69) is 15.3 Å². The molecule has 11 heteroatoms. The van der Waals surface area contributed by atoms with Gasteiger partial charge in [-0.05, 0) is 31.5 Å². The number of hydrogen-bond donors (Lipinski definition) is 1. The van der Waals surface area contributed by atoms with Crippen molar-refractivity contribution < 1.29 is 27.4 Å². The number of imidazole rings is 1. The molecule has 1 amide bonds. The second-order valence-corrected chi connectivity index (χ2v) is 9.38. The molecule has 1 unspecified atom stereocenters. The lowest BCUT2D eigenvalue weighted by Gasteiger charge is -2.37. The van der Waals surface area contributed by atoms with Gasteiger partial charge in [0.2, 0.25) is 5.78 Å². The number of fused-ring (bicyclic) bond motifs is 3. The van der Waals surface area contributed by atoms with Gasteiger partial charge in [0, 0.05) is 50.5 Å². The quantitative estimate of drug-likeness (QED) is 0.560. The number of amides is 1. The number of aryl methyl sites for hydroxylation is 1. The van der Waals surface area contributed by atoms with Crippen LogP contribution >= 0.6 is 0 Å². The lowest BCUT2D eigenvalue weighted by molar-refractivity contribution is -0.167. The number of nitrogens with zero attached hydrogens (tertiary/aromatic N) is 4. The third kappa shape index (κ3) is 4.20. The first-order valence-electron chi connectivity index (χ1n) is 11.8. The first-order valence-corrected chi connectivity index (χ1v) is 11.8. The summed E-state index contributed by atoms with van der Waals surface area (Å²) in [6.45, 7) is 5.26. The third-order valence-electron chi connectivity index (χ3n) is 7.16. The molecule has 3 aromatic rings. The summed E-state index contributed by atoms with van der Waals surface area (Å²) in [6, 6.07) is 4.77. The zero-order valence-electron chi connectivity index (χ0n) is 20.4. The number of methoxy groups -OCH3 is 1. The summed E-state index contributed by atoms with van der Waals surface area (Å²) in [4.78, 5) is 24.5. The minimum Gasteiger partial charge on any atom is -0.381 e. The molecule has 1 fully saturated rings.